The van der Waals surface area contributed by atoms with E-state index in [-0.39, 0.29) is 17.3 Å². The molecule has 1 atom stereocenters. The zero-order chi connectivity index (χ0) is 19.4. The number of methoxy groups -OCH3 is 1. The summed E-state index contributed by atoms with van der Waals surface area (Å²) in [5.74, 6) is 0.985. The van der Waals surface area contributed by atoms with E-state index in [4.69, 9.17) is 4.74 Å². The highest BCUT2D eigenvalue weighted by atomic mass is 32.2. The third-order valence-electron chi connectivity index (χ3n) is 3.93. The molecule has 3 rings (SSSR count). The van der Waals surface area contributed by atoms with Gasteiger partial charge in [-0.15, -0.1) is 10.2 Å². The Labute approximate surface area is 159 Å². The van der Waals surface area contributed by atoms with Crippen LogP contribution in [0.4, 0.5) is 4.39 Å². The van der Waals surface area contributed by atoms with Crippen LogP contribution in [-0.4, -0.2) is 33.3 Å². The van der Waals surface area contributed by atoms with Crippen LogP contribution in [0.1, 0.15) is 16.6 Å². The van der Waals surface area contributed by atoms with Crippen LogP contribution in [0.15, 0.2) is 53.7 Å². The Balaban J connectivity index is 1.94. The molecule has 27 heavy (non-hydrogen) atoms. The highest BCUT2D eigenvalue weighted by Gasteiger charge is 2.23. The molecule has 0 amide bonds. The lowest BCUT2D eigenvalue weighted by Gasteiger charge is -2.14. The Bertz CT molecular complexity index is 929. The second kappa shape index (κ2) is 8.17. The van der Waals surface area contributed by atoms with E-state index in [1.165, 1.54) is 23.9 Å². The van der Waals surface area contributed by atoms with Crippen molar-refractivity contribution >= 4 is 11.8 Å². The molecular formula is C18H17FN4O3S. The summed E-state index contributed by atoms with van der Waals surface area (Å²) in [5.41, 5.74) is 1.47. The van der Waals surface area contributed by atoms with Crippen molar-refractivity contribution < 1.29 is 14.1 Å². The van der Waals surface area contributed by atoms with Gasteiger partial charge in [0, 0.05) is 10.6 Å². The molecule has 3 aromatic rings. The maximum atomic E-state index is 13.2. The number of hydrogen-bond donors (Lipinski definition) is 0. The van der Waals surface area contributed by atoms with Gasteiger partial charge in [-0.05, 0) is 48.9 Å². The second-order valence-electron chi connectivity index (χ2n) is 5.74. The van der Waals surface area contributed by atoms with E-state index in [0.717, 1.165) is 11.4 Å². The predicted octanol–water partition coefficient (Wildman–Crippen LogP) is 3.83. The summed E-state index contributed by atoms with van der Waals surface area (Å²) in [5, 5.41) is 19.4. The van der Waals surface area contributed by atoms with Crippen LogP contribution in [-0.2, 0) is 0 Å². The molecule has 0 unspecified atom stereocenters. The maximum absolute atomic E-state index is 13.2. The van der Waals surface area contributed by atoms with Crippen molar-refractivity contribution in [2.45, 2.75) is 17.3 Å². The zero-order valence-electron chi connectivity index (χ0n) is 14.7. The van der Waals surface area contributed by atoms with Crippen molar-refractivity contribution in [1.82, 2.24) is 14.8 Å². The van der Waals surface area contributed by atoms with Gasteiger partial charge in [0.1, 0.15) is 22.6 Å². The molecule has 0 spiro atoms. The average Bonchev–Trinajstić information content (AvgIpc) is 3.02. The van der Waals surface area contributed by atoms with E-state index in [1.54, 1.807) is 19.2 Å². The number of ether oxygens (including phenoxy) is 1. The number of hydrogen-bond acceptors (Lipinski definition) is 6. The van der Waals surface area contributed by atoms with Crippen molar-refractivity contribution in [3.05, 3.63) is 75.9 Å². The summed E-state index contributed by atoms with van der Waals surface area (Å²) in [6.07, 6.45) is 0. The lowest BCUT2D eigenvalue weighted by Crippen LogP contribution is -2.11. The Morgan fingerprint density at radius 2 is 1.85 bits per heavy atom. The minimum atomic E-state index is -0.527. The quantitative estimate of drug-likeness (QED) is 0.347. The molecule has 0 aliphatic heterocycles. The number of rotatable bonds is 7. The van der Waals surface area contributed by atoms with Gasteiger partial charge < -0.3 is 4.74 Å². The first-order valence-corrected chi connectivity index (χ1v) is 8.96. The van der Waals surface area contributed by atoms with Gasteiger partial charge in [0.2, 0.25) is 6.54 Å². The first-order chi connectivity index (χ1) is 13.0. The summed E-state index contributed by atoms with van der Waals surface area (Å²) in [6.45, 7) is 1.49. The van der Waals surface area contributed by atoms with Crippen LogP contribution in [0, 0.1) is 22.9 Å². The van der Waals surface area contributed by atoms with Gasteiger partial charge in [-0.2, -0.15) is 0 Å². The lowest BCUT2D eigenvalue weighted by molar-refractivity contribution is -0.479. The van der Waals surface area contributed by atoms with Gasteiger partial charge in [0.05, 0.1) is 7.11 Å². The van der Waals surface area contributed by atoms with Crippen molar-refractivity contribution in [1.29, 1.82) is 0 Å². The van der Waals surface area contributed by atoms with Crippen molar-refractivity contribution in [3.8, 4) is 11.4 Å². The zero-order valence-corrected chi connectivity index (χ0v) is 15.5. The maximum Gasteiger partial charge on any atom is 0.220 e. The molecule has 7 nitrogen and oxygen atoms in total. The topological polar surface area (TPSA) is 83.1 Å². The van der Waals surface area contributed by atoms with E-state index in [1.807, 2.05) is 35.8 Å². The van der Waals surface area contributed by atoms with Crippen molar-refractivity contribution in [2.75, 3.05) is 13.7 Å². The average molecular weight is 388 g/mol. The van der Waals surface area contributed by atoms with Crippen LogP contribution in [0.3, 0.4) is 0 Å². The van der Waals surface area contributed by atoms with Crippen LogP contribution < -0.4 is 4.74 Å². The Kier molecular flexibility index (Phi) is 5.70. The highest BCUT2D eigenvalue weighted by molar-refractivity contribution is 7.99. The standard InChI is InChI=1S/C18H17FN4O3S/c1-12-20-21-18(23(12)15-7-9-16(26-2)10-8-15)27-17(11-22(24)25)13-3-5-14(19)6-4-13/h3-10,17H,11H2,1-2H3/t17-/m1/s1. The van der Waals surface area contributed by atoms with Gasteiger partial charge in [0.15, 0.2) is 5.16 Å². The molecule has 0 aliphatic carbocycles. The smallest absolute Gasteiger partial charge is 0.220 e. The third-order valence-corrected chi connectivity index (χ3v) is 5.11. The Hall–Kier alpha value is -2.94. The number of benzene rings is 2. The van der Waals surface area contributed by atoms with Gasteiger partial charge in [-0.25, -0.2) is 4.39 Å². The van der Waals surface area contributed by atoms with Crippen molar-refractivity contribution in [3.63, 3.8) is 0 Å². The predicted molar refractivity (Wildman–Crippen MR) is 99.5 cm³/mol. The summed E-state index contributed by atoms with van der Waals surface area (Å²) in [4.78, 5) is 10.7. The first-order valence-electron chi connectivity index (χ1n) is 8.08. The summed E-state index contributed by atoms with van der Waals surface area (Å²) in [7, 11) is 1.59. The van der Waals surface area contributed by atoms with Crippen LogP contribution in [0.2, 0.25) is 0 Å². The van der Waals surface area contributed by atoms with E-state index in [0.29, 0.717) is 16.5 Å². The molecule has 0 N–H and O–H groups in total. The summed E-state index contributed by atoms with van der Waals surface area (Å²) in [6, 6.07) is 13.0. The Morgan fingerprint density at radius 3 is 2.44 bits per heavy atom. The van der Waals surface area contributed by atoms with Gasteiger partial charge in [0.25, 0.3) is 0 Å². The minimum absolute atomic E-state index is 0.315. The van der Waals surface area contributed by atoms with Gasteiger partial charge >= 0.3 is 0 Å². The van der Waals surface area contributed by atoms with E-state index in [2.05, 4.69) is 10.2 Å². The molecule has 0 saturated carbocycles. The highest BCUT2D eigenvalue weighted by Crippen LogP contribution is 2.36. The number of nitrogens with zero attached hydrogens (tertiary/aromatic N) is 4. The number of thioether (sulfide) groups is 1. The molecule has 0 saturated heterocycles. The molecule has 1 heterocycles. The molecule has 0 radical (unpaired) electrons. The normalized spacial score (nSPS) is 12.0. The van der Waals surface area contributed by atoms with Crippen LogP contribution in [0.5, 0.6) is 5.75 Å². The van der Waals surface area contributed by atoms with Gasteiger partial charge in [-0.3, -0.25) is 14.7 Å². The van der Waals surface area contributed by atoms with Crippen LogP contribution in [0.25, 0.3) is 5.69 Å². The largest absolute Gasteiger partial charge is 0.497 e. The molecular weight excluding hydrogens is 371 g/mol. The number of halogens is 1. The summed E-state index contributed by atoms with van der Waals surface area (Å²) >= 11 is 1.22. The molecule has 0 fully saturated rings. The van der Waals surface area contributed by atoms with E-state index in [9.17, 15) is 14.5 Å². The molecule has 2 aromatic carbocycles. The van der Waals surface area contributed by atoms with E-state index >= 15 is 0 Å². The fourth-order valence-electron chi connectivity index (χ4n) is 2.60. The fraction of sp³-hybridized carbons (Fsp3) is 0.222. The molecule has 0 aliphatic rings. The second-order valence-corrected chi connectivity index (χ2v) is 6.91. The monoisotopic (exact) mass is 388 g/mol. The van der Waals surface area contributed by atoms with Crippen LogP contribution >= 0.6 is 11.8 Å². The molecule has 1 aromatic heterocycles. The lowest BCUT2D eigenvalue weighted by atomic mass is 10.1. The van der Waals surface area contributed by atoms with Gasteiger partial charge in [-0.1, -0.05) is 23.9 Å². The third kappa shape index (κ3) is 4.43. The molecule has 0 bridgehead atoms. The minimum Gasteiger partial charge on any atom is -0.497 e. The molecule has 140 valence electrons. The van der Waals surface area contributed by atoms with Crippen molar-refractivity contribution in [2.24, 2.45) is 0 Å². The Morgan fingerprint density at radius 1 is 1.19 bits per heavy atom. The van der Waals surface area contributed by atoms with E-state index < -0.39 is 5.25 Å². The molecule has 9 heteroatoms. The SMILES string of the molecule is COc1ccc(-n2c(C)nnc2S[C@H](C[N+](=O)[O-])c2ccc(F)cc2)cc1. The number of aryl methyl sites for hydroxylation is 1. The fourth-order valence-corrected chi connectivity index (χ4v) is 3.77. The number of nitro groups is 1. The first kappa shape index (κ1) is 18.8. The number of aromatic nitrogens is 3. The summed E-state index contributed by atoms with van der Waals surface area (Å²) < 4.78 is 20.2.